The molecular weight excluding hydrogens is 410 g/mol. The van der Waals surface area contributed by atoms with Crippen molar-refractivity contribution in [2.75, 3.05) is 31.5 Å². The lowest BCUT2D eigenvalue weighted by Gasteiger charge is -2.34. The molecule has 1 aromatic carbocycles. The molecule has 1 aromatic rings. The summed E-state index contributed by atoms with van der Waals surface area (Å²) in [6.07, 6.45) is -0.567. The molecule has 1 saturated heterocycles. The number of carbonyl (C=O) groups is 5. The van der Waals surface area contributed by atoms with Crippen LogP contribution in [0, 0.1) is 5.41 Å². The summed E-state index contributed by atoms with van der Waals surface area (Å²) in [4.78, 5) is 61.5. The number of piperazine rings is 1. The summed E-state index contributed by atoms with van der Waals surface area (Å²) in [5, 5.41) is 21.2. The number of benzene rings is 1. The summed E-state index contributed by atoms with van der Waals surface area (Å²) in [7, 11) is 0. The zero-order valence-corrected chi connectivity index (χ0v) is 16.5. The van der Waals surface area contributed by atoms with Crippen molar-refractivity contribution < 1.29 is 29.1 Å². The molecule has 4 amide bonds. The van der Waals surface area contributed by atoms with Crippen molar-refractivity contribution in [2.24, 2.45) is 11.5 Å². The number of aliphatic carboxylic acids is 1. The van der Waals surface area contributed by atoms with Crippen LogP contribution in [0.5, 0.6) is 0 Å². The molecule has 1 heterocycles. The monoisotopic (exact) mass is 433 g/mol. The van der Waals surface area contributed by atoms with Gasteiger partial charge >= 0.3 is 5.97 Å². The minimum atomic E-state index is -1.48. The van der Waals surface area contributed by atoms with Crippen LogP contribution < -0.4 is 22.1 Å². The maximum absolute atomic E-state index is 12.3. The molecule has 8 N–H and O–H groups in total. The van der Waals surface area contributed by atoms with E-state index in [0.29, 0.717) is 6.54 Å². The van der Waals surface area contributed by atoms with Gasteiger partial charge in [0.15, 0.2) is 5.96 Å². The summed E-state index contributed by atoms with van der Waals surface area (Å²) in [6.45, 7) is 0.250. The third-order valence-electron chi connectivity index (χ3n) is 4.41. The molecule has 2 rings (SSSR count). The largest absolute Gasteiger partial charge is 0.480 e. The van der Waals surface area contributed by atoms with Crippen LogP contribution in [-0.4, -0.2) is 82.7 Å². The minimum Gasteiger partial charge on any atom is -0.480 e. The number of anilines is 1. The molecule has 0 aromatic heterocycles. The number of hydrogen-bond donors (Lipinski definition) is 6. The molecule has 0 bridgehead atoms. The van der Waals surface area contributed by atoms with Gasteiger partial charge in [-0.25, -0.2) is 4.79 Å². The first-order valence-corrected chi connectivity index (χ1v) is 9.15. The lowest BCUT2D eigenvalue weighted by atomic mass is 10.1. The van der Waals surface area contributed by atoms with Crippen LogP contribution in [0.4, 0.5) is 5.69 Å². The van der Waals surface area contributed by atoms with Crippen molar-refractivity contribution in [1.29, 1.82) is 5.41 Å². The first-order chi connectivity index (χ1) is 14.6. The van der Waals surface area contributed by atoms with E-state index in [1.165, 1.54) is 34.1 Å². The number of carboxylic acid groups (broad SMARTS) is 1. The molecule has 0 unspecified atom stereocenters. The van der Waals surface area contributed by atoms with E-state index < -0.39 is 36.2 Å². The third-order valence-corrected chi connectivity index (χ3v) is 4.41. The van der Waals surface area contributed by atoms with Gasteiger partial charge in [0.2, 0.25) is 17.7 Å². The van der Waals surface area contributed by atoms with Gasteiger partial charge in [0.1, 0.15) is 6.04 Å². The summed E-state index contributed by atoms with van der Waals surface area (Å²) >= 11 is 0. The van der Waals surface area contributed by atoms with E-state index in [2.05, 4.69) is 10.6 Å². The second-order valence-electron chi connectivity index (χ2n) is 6.79. The Balaban J connectivity index is 1.97. The average molecular weight is 433 g/mol. The number of primary amides is 1. The highest BCUT2D eigenvalue weighted by Crippen LogP contribution is 2.12. The third kappa shape index (κ3) is 6.69. The lowest BCUT2D eigenvalue weighted by Crippen LogP contribution is -2.55. The Morgan fingerprint density at radius 2 is 1.90 bits per heavy atom. The summed E-state index contributed by atoms with van der Waals surface area (Å²) in [6, 6.07) is 4.24. The van der Waals surface area contributed by atoms with Crippen molar-refractivity contribution in [3.05, 3.63) is 29.8 Å². The number of nitrogens with two attached hydrogens (primary N) is 2. The van der Waals surface area contributed by atoms with Crippen LogP contribution in [0.3, 0.4) is 0 Å². The highest BCUT2D eigenvalue weighted by molar-refractivity contribution is 6.00. The van der Waals surface area contributed by atoms with Crippen LogP contribution in [0.1, 0.15) is 16.8 Å². The normalized spacial score (nSPS) is 14.5. The molecule has 13 heteroatoms. The van der Waals surface area contributed by atoms with E-state index in [4.69, 9.17) is 22.0 Å². The molecular formula is C18H23N7O6. The number of rotatable bonds is 8. The molecule has 1 aliphatic rings. The second kappa shape index (κ2) is 10.0. The highest BCUT2D eigenvalue weighted by Gasteiger charge is 2.26. The topological polar surface area (TPSA) is 212 Å². The highest BCUT2D eigenvalue weighted by atomic mass is 16.4. The van der Waals surface area contributed by atoms with Gasteiger partial charge in [0, 0.05) is 24.3 Å². The Labute approximate surface area is 176 Å². The van der Waals surface area contributed by atoms with E-state index in [1.54, 1.807) is 0 Å². The van der Waals surface area contributed by atoms with Crippen LogP contribution in [0.25, 0.3) is 0 Å². The average Bonchev–Trinajstić information content (AvgIpc) is 2.68. The summed E-state index contributed by atoms with van der Waals surface area (Å²) < 4.78 is 0. The smallest absolute Gasteiger partial charge is 0.326 e. The van der Waals surface area contributed by atoms with Gasteiger partial charge < -0.3 is 37.0 Å². The van der Waals surface area contributed by atoms with Gasteiger partial charge in [0.25, 0.3) is 5.91 Å². The van der Waals surface area contributed by atoms with Crippen molar-refractivity contribution in [3.63, 3.8) is 0 Å². The first-order valence-electron chi connectivity index (χ1n) is 9.15. The number of carbonyl (C=O) groups excluding carboxylic acids is 4. The predicted octanol–water partition coefficient (Wildman–Crippen LogP) is -2.28. The van der Waals surface area contributed by atoms with E-state index in [-0.39, 0.29) is 42.8 Å². The zero-order valence-electron chi connectivity index (χ0n) is 16.5. The Hall–Kier alpha value is -4.16. The van der Waals surface area contributed by atoms with E-state index in [1.807, 2.05) is 0 Å². The Morgan fingerprint density at radius 1 is 1.19 bits per heavy atom. The maximum Gasteiger partial charge on any atom is 0.326 e. The van der Waals surface area contributed by atoms with Gasteiger partial charge in [-0.05, 0) is 18.2 Å². The van der Waals surface area contributed by atoms with Gasteiger partial charge in [-0.3, -0.25) is 24.6 Å². The molecule has 1 fully saturated rings. The number of carboxylic acids is 1. The van der Waals surface area contributed by atoms with Crippen molar-refractivity contribution in [1.82, 2.24) is 15.1 Å². The van der Waals surface area contributed by atoms with Crippen LogP contribution in [0.2, 0.25) is 0 Å². The Kier molecular flexibility index (Phi) is 7.49. The summed E-state index contributed by atoms with van der Waals surface area (Å²) in [5.41, 5.74) is 10.7. The first kappa shape index (κ1) is 23.1. The second-order valence-corrected chi connectivity index (χ2v) is 6.79. The van der Waals surface area contributed by atoms with E-state index in [0.717, 1.165) is 0 Å². The molecule has 0 saturated carbocycles. The molecule has 0 spiro atoms. The quantitative estimate of drug-likeness (QED) is 0.194. The fraction of sp³-hybridized carbons (Fsp3) is 0.333. The molecule has 1 atom stereocenters. The predicted molar refractivity (Wildman–Crippen MR) is 108 cm³/mol. The number of amides is 4. The van der Waals surface area contributed by atoms with Gasteiger partial charge in [0.05, 0.1) is 19.5 Å². The Bertz CT molecular complexity index is 918. The zero-order chi connectivity index (χ0) is 23.1. The van der Waals surface area contributed by atoms with Crippen LogP contribution in [-0.2, 0) is 19.2 Å². The SMILES string of the molecule is N=C(N)N1CCN(CC(=O)Nc2cccc(C(=O)N[C@@H](CC(N)=O)C(=O)O)c2)C(=O)C1. The number of nitrogens with zero attached hydrogens (tertiary/aromatic N) is 2. The maximum atomic E-state index is 12.3. The van der Waals surface area contributed by atoms with Crippen molar-refractivity contribution in [3.8, 4) is 0 Å². The van der Waals surface area contributed by atoms with Gasteiger partial charge in [-0.2, -0.15) is 0 Å². The molecule has 166 valence electrons. The molecule has 1 aliphatic heterocycles. The van der Waals surface area contributed by atoms with Crippen LogP contribution in [0.15, 0.2) is 24.3 Å². The van der Waals surface area contributed by atoms with E-state index >= 15 is 0 Å². The molecule has 31 heavy (non-hydrogen) atoms. The molecule has 0 radical (unpaired) electrons. The number of nitrogens with one attached hydrogen (secondary N) is 3. The number of hydrogen-bond acceptors (Lipinski definition) is 6. The van der Waals surface area contributed by atoms with Crippen molar-refractivity contribution >= 4 is 41.2 Å². The molecule has 13 nitrogen and oxygen atoms in total. The van der Waals surface area contributed by atoms with E-state index in [9.17, 15) is 24.0 Å². The lowest BCUT2D eigenvalue weighted by molar-refractivity contribution is -0.141. The standard InChI is InChI=1S/C18H23N7O6/c19-13(26)7-12(17(30)31)23-16(29)10-2-1-3-11(6-10)22-14(27)8-24-4-5-25(18(20)21)9-15(24)28/h1-3,6,12H,4-5,7-9H2,(H2,19,26)(H3,20,21)(H,22,27)(H,23,29)(H,30,31)/t12-/m0/s1. The molecule has 0 aliphatic carbocycles. The van der Waals surface area contributed by atoms with Crippen molar-refractivity contribution in [2.45, 2.75) is 12.5 Å². The van der Waals surface area contributed by atoms with Gasteiger partial charge in [-0.15, -0.1) is 0 Å². The van der Waals surface area contributed by atoms with Crippen LogP contribution >= 0.6 is 0 Å². The Morgan fingerprint density at radius 3 is 2.48 bits per heavy atom. The minimum absolute atomic E-state index is 0.0552. The fourth-order valence-electron chi connectivity index (χ4n) is 2.84. The summed E-state index contributed by atoms with van der Waals surface area (Å²) in [5.74, 6) is -4.12. The van der Waals surface area contributed by atoms with Gasteiger partial charge in [-0.1, -0.05) is 6.07 Å². The number of guanidine groups is 1. The fourth-order valence-corrected chi connectivity index (χ4v) is 2.84.